The van der Waals surface area contributed by atoms with Gasteiger partial charge in [0.15, 0.2) is 0 Å². The molecule has 0 radical (unpaired) electrons. The molecule has 0 aliphatic carbocycles. The summed E-state index contributed by atoms with van der Waals surface area (Å²) >= 11 is 0. The first kappa shape index (κ1) is 10.7. The Morgan fingerprint density at radius 2 is 2.12 bits per heavy atom. The third kappa shape index (κ3) is 1.37. The lowest BCUT2D eigenvalue weighted by Gasteiger charge is -2.34. The molecule has 1 aliphatic rings. The van der Waals surface area contributed by atoms with E-state index in [1.165, 1.54) is 13.2 Å². The highest BCUT2D eigenvalue weighted by Crippen LogP contribution is 2.39. The van der Waals surface area contributed by atoms with Crippen LogP contribution >= 0.6 is 0 Å². The number of nitrogens with one attached hydrogen (secondary N) is 2. The summed E-state index contributed by atoms with van der Waals surface area (Å²) in [7, 11) is 1.20. The fourth-order valence-corrected chi connectivity index (χ4v) is 1.71. The molecule has 4 N–H and O–H groups in total. The number of carbonyl (C=O) groups is 1. The van der Waals surface area contributed by atoms with E-state index in [0.29, 0.717) is 0 Å². The van der Waals surface area contributed by atoms with E-state index in [2.05, 4.69) is 10.3 Å². The zero-order valence-corrected chi connectivity index (χ0v) is 8.22. The first-order valence-corrected chi connectivity index (χ1v) is 4.39. The molecule has 8 heteroatoms. The maximum Gasteiger partial charge on any atom is 0.417 e. The van der Waals surface area contributed by atoms with E-state index in [4.69, 9.17) is 5.73 Å². The fraction of sp³-hybridized carbons (Fsp3) is 0.375. The van der Waals surface area contributed by atoms with Crippen molar-refractivity contribution in [2.45, 2.75) is 12.2 Å². The number of likely N-dealkylation sites (N-methyl/N-ethyl adjacent to an activating group) is 1. The van der Waals surface area contributed by atoms with Gasteiger partial charge in [-0.05, 0) is 0 Å². The standard InChI is InChI=1S/C8H9F3N4O/c1-15-3-2-13-6(12)4(3)14-7(16)5(15)8(9,10)11/h2,5,13H,12H2,1H3,(H,14,16). The van der Waals surface area contributed by atoms with Crippen molar-refractivity contribution in [3.63, 3.8) is 0 Å². The first-order valence-electron chi connectivity index (χ1n) is 4.39. The number of nitrogen functional groups attached to an aromatic ring is 1. The van der Waals surface area contributed by atoms with Crippen LogP contribution in [0.3, 0.4) is 0 Å². The van der Waals surface area contributed by atoms with Crippen molar-refractivity contribution in [2.24, 2.45) is 0 Å². The Bertz CT molecular complexity index is 439. The van der Waals surface area contributed by atoms with Gasteiger partial charge in [-0.3, -0.25) is 4.79 Å². The minimum atomic E-state index is -4.62. The molecule has 16 heavy (non-hydrogen) atoms. The van der Waals surface area contributed by atoms with E-state index < -0.39 is 18.1 Å². The summed E-state index contributed by atoms with van der Waals surface area (Å²) in [5.74, 6) is -0.996. The van der Waals surface area contributed by atoms with Gasteiger partial charge in [-0.1, -0.05) is 0 Å². The molecule has 0 aromatic carbocycles. The van der Waals surface area contributed by atoms with Gasteiger partial charge in [-0.25, -0.2) is 0 Å². The zero-order valence-electron chi connectivity index (χ0n) is 8.22. The lowest BCUT2D eigenvalue weighted by atomic mass is 10.1. The van der Waals surface area contributed by atoms with Crippen LogP contribution in [0.5, 0.6) is 0 Å². The average molecular weight is 234 g/mol. The second kappa shape index (κ2) is 3.06. The molecule has 2 heterocycles. The minimum absolute atomic E-state index is 0.135. The van der Waals surface area contributed by atoms with Crippen LogP contribution in [0.4, 0.5) is 30.4 Å². The van der Waals surface area contributed by atoms with E-state index in [9.17, 15) is 18.0 Å². The lowest BCUT2D eigenvalue weighted by Crippen LogP contribution is -2.54. The van der Waals surface area contributed by atoms with Gasteiger partial charge in [-0.2, -0.15) is 13.2 Å². The van der Waals surface area contributed by atoms with Gasteiger partial charge in [0.25, 0.3) is 5.91 Å². The lowest BCUT2D eigenvalue weighted by molar-refractivity contribution is -0.160. The van der Waals surface area contributed by atoms with Crippen LogP contribution < -0.4 is 16.0 Å². The molecule has 1 amide bonds. The van der Waals surface area contributed by atoms with Crippen molar-refractivity contribution < 1.29 is 18.0 Å². The van der Waals surface area contributed by atoms with Crippen LogP contribution in [0.25, 0.3) is 0 Å². The van der Waals surface area contributed by atoms with Gasteiger partial charge < -0.3 is 20.9 Å². The summed E-state index contributed by atoms with van der Waals surface area (Å²) in [4.78, 5) is 14.7. The van der Waals surface area contributed by atoms with E-state index in [1.54, 1.807) is 0 Å². The molecular weight excluding hydrogens is 225 g/mol. The molecule has 1 aromatic heterocycles. The number of nitrogens with zero attached hydrogens (tertiary/aromatic N) is 1. The van der Waals surface area contributed by atoms with Gasteiger partial charge in [0, 0.05) is 13.2 Å². The second-order valence-electron chi connectivity index (χ2n) is 3.51. The highest BCUT2D eigenvalue weighted by molar-refractivity contribution is 6.06. The smallest absolute Gasteiger partial charge is 0.383 e. The Hall–Kier alpha value is -1.86. The molecule has 1 unspecified atom stereocenters. The molecule has 1 atom stereocenters. The molecular formula is C8H9F3N4O. The largest absolute Gasteiger partial charge is 0.417 e. The third-order valence-electron chi connectivity index (χ3n) is 2.46. The van der Waals surface area contributed by atoms with Crippen LogP contribution in [0.15, 0.2) is 6.20 Å². The molecule has 88 valence electrons. The Labute approximate surface area is 88.4 Å². The van der Waals surface area contributed by atoms with E-state index in [0.717, 1.165) is 4.90 Å². The van der Waals surface area contributed by atoms with Gasteiger partial charge in [-0.15, -0.1) is 0 Å². The Morgan fingerprint density at radius 1 is 1.50 bits per heavy atom. The van der Waals surface area contributed by atoms with Crippen molar-refractivity contribution in [3.8, 4) is 0 Å². The predicted octanol–water partition coefficient (Wildman–Crippen LogP) is 0.916. The van der Waals surface area contributed by atoms with Crippen LogP contribution in [-0.4, -0.2) is 30.2 Å². The third-order valence-corrected chi connectivity index (χ3v) is 2.46. The molecule has 0 bridgehead atoms. The Morgan fingerprint density at radius 3 is 2.69 bits per heavy atom. The number of hydrogen-bond acceptors (Lipinski definition) is 3. The maximum atomic E-state index is 12.6. The molecule has 0 spiro atoms. The number of aromatic amines is 1. The van der Waals surface area contributed by atoms with E-state index >= 15 is 0 Å². The summed E-state index contributed by atoms with van der Waals surface area (Å²) in [6.07, 6.45) is -3.30. The minimum Gasteiger partial charge on any atom is -0.383 e. The van der Waals surface area contributed by atoms with E-state index in [-0.39, 0.29) is 17.2 Å². The molecule has 1 aromatic rings. The number of aromatic nitrogens is 1. The van der Waals surface area contributed by atoms with Crippen molar-refractivity contribution in [1.29, 1.82) is 0 Å². The number of hydrogen-bond donors (Lipinski definition) is 3. The number of anilines is 3. The zero-order chi connectivity index (χ0) is 12.1. The van der Waals surface area contributed by atoms with Crippen molar-refractivity contribution in [3.05, 3.63) is 6.20 Å². The number of alkyl halides is 3. The first-order chi connectivity index (χ1) is 7.32. The number of nitrogens with two attached hydrogens (primary N) is 1. The monoisotopic (exact) mass is 234 g/mol. The van der Waals surface area contributed by atoms with Gasteiger partial charge in [0.1, 0.15) is 11.5 Å². The van der Waals surface area contributed by atoms with Crippen LogP contribution in [-0.2, 0) is 4.79 Å². The predicted molar refractivity (Wildman–Crippen MR) is 52.1 cm³/mol. The quantitative estimate of drug-likeness (QED) is 0.624. The summed E-state index contributed by atoms with van der Waals surface area (Å²) in [5, 5.41) is 2.14. The van der Waals surface area contributed by atoms with Gasteiger partial charge in [0.2, 0.25) is 6.04 Å². The summed E-state index contributed by atoms with van der Waals surface area (Å²) in [6, 6.07) is -2.19. The molecule has 5 nitrogen and oxygen atoms in total. The summed E-state index contributed by atoms with van der Waals surface area (Å²) in [5.41, 5.74) is 5.87. The number of fused-ring (bicyclic) bond motifs is 1. The number of halogens is 3. The van der Waals surface area contributed by atoms with Crippen molar-refractivity contribution in [1.82, 2.24) is 4.98 Å². The summed E-state index contributed by atoms with van der Waals surface area (Å²) < 4.78 is 37.8. The van der Waals surface area contributed by atoms with Gasteiger partial charge >= 0.3 is 6.18 Å². The molecule has 0 saturated carbocycles. The van der Waals surface area contributed by atoms with Crippen LogP contribution in [0, 0.1) is 0 Å². The maximum absolute atomic E-state index is 12.6. The number of H-pyrrole nitrogens is 1. The van der Waals surface area contributed by atoms with E-state index in [1.807, 2.05) is 0 Å². The highest BCUT2D eigenvalue weighted by Gasteiger charge is 2.50. The van der Waals surface area contributed by atoms with Crippen LogP contribution in [0.2, 0.25) is 0 Å². The fourth-order valence-electron chi connectivity index (χ4n) is 1.71. The number of rotatable bonds is 0. The van der Waals surface area contributed by atoms with Crippen LogP contribution in [0.1, 0.15) is 0 Å². The van der Waals surface area contributed by atoms with Gasteiger partial charge in [0.05, 0.1) is 5.69 Å². The SMILES string of the molecule is CN1c2c[nH]c(N)c2NC(=O)C1C(F)(F)F. The Kier molecular flexibility index (Phi) is 2.04. The molecule has 1 aliphatic heterocycles. The average Bonchev–Trinajstić information content (AvgIpc) is 2.46. The second-order valence-corrected chi connectivity index (χ2v) is 3.51. The Balaban J connectivity index is 2.46. The number of carbonyl (C=O) groups excluding carboxylic acids is 1. The molecule has 0 fully saturated rings. The highest BCUT2D eigenvalue weighted by atomic mass is 19.4. The molecule has 2 rings (SSSR count). The summed E-state index contributed by atoms with van der Waals surface area (Å²) in [6.45, 7) is 0. The number of amides is 1. The van der Waals surface area contributed by atoms with Crippen molar-refractivity contribution >= 4 is 23.1 Å². The normalized spacial score (nSPS) is 20.6. The molecule has 0 saturated heterocycles. The topological polar surface area (TPSA) is 74.2 Å². The van der Waals surface area contributed by atoms with Crippen molar-refractivity contribution in [2.75, 3.05) is 23.0 Å².